The third-order valence-corrected chi connectivity index (χ3v) is 3.80. The monoisotopic (exact) mass is 283 g/mol. The first-order valence-electron chi connectivity index (χ1n) is 6.89. The first-order valence-corrected chi connectivity index (χ1v) is 6.89. The Hall–Kier alpha value is -0.330. The minimum absolute atomic E-state index is 0.335. The summed E-state index contributed by atoms with van der Waals surface area (Å²) < 4.78 is 45.8. The van der Waals surface area contributed by atoms with Crippen LogP contribution in [0.4, 0.5) is 13.2 Å². The second-order valence-electron chi connectivity index (χ2n) is 5.35. The van der Waals surface area contributed by atoms with Crippen molar-refractivity contribution in [1.82, 2.24) is 0 Å². The third-order valence-electron chi connectivity index (χ3n) is 3.80. The summed E-state index contributed by atoms with van der Waals surface area (Å²) in [6, 6.07) is 0. The van der Waals surface area contributed by atoms with Gasteiger partial charge in [0.05, 0.1) is 5.60 Å². The van der Waals surface area contributed by atoms with Gasteiger partial charge < -0.3 is 15.2 Å². The standard InChI is InChI=1S/C13H24F3NO2/c1-2-3-11-4-6-12(8-17,7-5-11)19-10-18-9-13(14,15)16/h11H,2-10,17H2,1H3. The summed E-state index contributed by atoms with van der Waals surface area (Å²) in [6.45, 7) is 0.884. The Kier molecular flexibility index (Phi) is 6.56. The van der Waals surface area contributed by atoms with Crippen molar-refractivity contribution < 1.29 is 22.6 Å². The number of hydrogen-bond donors (Lipinski definition) is 1. The van der Waals surface area contributed by atoms with Crippen LogP contribution in [-0.4, -0.2) is 31.7 Å². The Morgan fingerprint density at radius 3 is 2.37 bits per heavy atom. The van der Waals surface area contributed by atoms with Gasteiger partial charge in [-0.15, -0.1) is 0 Å². The van der Waals surface area contributed by atoms with E-state index in [0.717, 1.165) is 32.1 Å². The van der Waals surface area contributed by atoms with Gasteiger partial charge in [0, 0.05) is 6.54 Å². The topological polar surface area (TPSA) is 44.5 Å². The molecule has 0 aromatic carbocycles. The average molecular weight is 283 g/mol. The first-order chi connectivity index (χ1) is 8.91. The third kappa shape index (κ3) is 6.10. The summed E-state index contributed by atoms with van der Waals surface area (Å²) in [6.07, 6.45) is 1.74. The molecule has 0 aromatic rings. The van der Waals surface area contributed by atoms with Gasteiger partial charge in [0.25, 0.3) is 0 Å². The van der Waals surface area contributed by atoms with Crippen LogP contribution in [0.1, 0.15) is 45.4 Å². The molecule has 0 atom stereocenters. The molecular weight excluding hydrogens is 259 g/mol. The largest absolute Gasteiger partial charge is 0.411 e. The van der Waals surface area contributed by atoms with Crippen molar-refractivity contribution in [2.75, 3.05) is 19.9 Å². The Labute approximate surface area is 112 Å². The minimum Gasteiger partial charge on any atom is -0.348 e. The van der Waals surface area contributed by atoms with Crippen LogP contribution >= 0.6 is 0 Å². The molecular formula is C13H24F3NO2. The van der Waals surface area contributed by atoms with Crippen LogP contribution in [0.15, 0.2) is 0 Å². The predicted molar refractivity (Wildman–Crippen MR) is 66.6 cm³/mol. The molecule has 114 valence electrons. The maximum Gasteiger partial charge on any atom is 0.411 e. The quantitative estimate of drug-likeness (QED) is 0.576. The van der Waals surface area contributed by atoms with Crippen LogP contribution in [0.2, 0.25) is 0 Å². The van der Waals surface area contributed by atoms with Gasteiger partial charge in [-0.3, -0.25) is 0 Å². The van der Waals surface area contributed by atoms with E-state index in [4.69, 9.17) is 10.5 Å². The molecule has 0 spiro atoms. The van der Waals surface area contributed by atoms with E-state index < -0.39 is 18.4 Å². The lowest BCUT2D eigenvalue weighted by molar-refractivity contribution is -0.219. The second-order valence-corrected chi connectivity index (χ2v) is 5.35. The van der Waals surface area contributed by atoms with E-state index in [1.807, 2.05) is 0 Å². The Morgan fingerprint density at radius 1 is 1.26 bits per heavy atom. The van der Waals surface area contributed by atoms with Crippen LogP contribution < -0.4 is 5.73 Å². The van der Waals surface area contributed by atoms with E-state index in [1.54, 1.807) is 0 Å². The summed E-state index contributed by atoms with van der Waals surface area (Å²) in [7, 11) is 0. The van der Waals surface area contributed by atoms with Crippen LogP contribution in [0.3, 0.4) is 0 Å². The normalized spacial score (nSPS) is 28.6. The molecule has 19 heavy (non-hydrogen) atoms. The molecule has 1 saturated carbocycles. The van der Waals surface area contributed by atoms with Gasteiger partial charge in [0.2, 0.25) is 0 Å². The van der Waals surface area contributed by atoms with Gasteiger partial charge in [0.15, 0.2) is 0 Å². The molecule has 2 N–H and O–H groups in total. The zero-order valence-electron chi connectivity index (χ0n) is 11.5. The van der Waals surface area contributed by atoms with Gasteiger partial charge in [0.1, 0.15) is 13.4 Å². The molecule has 1 fully saturated rings. The summed E-state index contributed by atoms with van der Waals surface area (Å²) >= 11 is 0. The van der Waals surface area contributed by atoms with Crippen LogP contribution in [0.25, 0.3) is 0 Å². The number of rotatable bonds is 7. The molecule has 0 heterocycles. The van der Waals surface area contributed by atoms with E-state index in [1.165, 1.54) is 6.42 Å². The molecule has 3 nitrogen and oxygen atoms in total. The first kappa shape index (κ1) is 16.7. The van der Waals surface area contributed by atoms with Crippen molar-refractivity contribution in [1.29, 1.82) is 0 Å². The molecule has 0 amide bonds. The lowest BCUT2D eigenvalue weighted by Gasteiger charge is -2.39. The van der Waals surface area contributed by atoms with E-state index in [9.17, 15) is 13.2 Å². The smallest absolute Gasteiger partial charge is 0.348 e. The maximum atomic E-state index is 11.9. The van der Waals surface area contributed by atoms with Crippen molar-refractivity contribution in [2.45, 2.75) is 57.2 Å². The summed E-state index contributed by atoms with van der Waals surface area (Å²) in [5, 5.41) is 0. The summed E-state index contributed by atoms with van der Waals surface area (Å²) in [4.78, 5) is 0. The Morgan fingerprint density at radius 2 is 1.89 bits per heavy atom. The molecule has 1 aliphatic rings. The van der Waals surface area contributed by atoms with E-state index in [-0.39, 0.29) is 6.79 Å². The van der Waals surface area contributed by atoms with Crippen LogP contribution in [0.5, 0.6) is 0 Å². The fourth-order valence-electron chi connectivity index (χ4n) is 2.63. The highest BCUT2D eigenvalue weighted by atomic mass is 19.4. The van der Waals surface area contributed by atoms with Crippen molar-refractivity contribution in [3.05, 3.63) is 0 Å². The molecule has 0 aliphatic heterocycles. The molecule has 0 unspecified atom stereocenters. The van der Waals surface area contributed by atoms with Crippen molar-refractivity contribution in [2.24, 2.45) is 11.7 Å². The van der Waals surface area contributed by atoms with Gasteiger partial charge in [-0.05, 0) is 31.6 Å². The molecule has 0 saturated heterocycles. The van der Waals surface area contributed by atoms with Gasteiger partial charge in [-0.25, -0.2) is 0 Å². The zero-order chi connectivity index (χ0) is 14.4. The van der Waals surface area contributed by atoms with Crippen LogP contribution in [0, 0.1) is 5.92 Å². The van der Waals surface area contributed by atoms with Gasteiger partial charge in [-0.2, -0.15) is 13.2 Å². The summed E-state index contributed by atoms with van der Waals surface area (Å²) in [5.41, 5.74) is 5.23. The lowest BCUT2D eigenvalue weighted by atomic mass is 9.77. The summed E-state index contributed by atoms with van der Waals surface area (Å²) in [5.74, 6) is 0.698. The number of alkyl halides is 3. The zero-order valence-corrected chi connectivity index (χ0v) is 11.5. The highest BCUT2D eigenvalue weighted by molar-refractivity contribution is 4.87. The number of halogens is 3. The van der Waals surface area contributed by atoms with E-state index in [0.29, 0.717) is 12.5 Å². The molecule has 6 heteroatoms. The number of hydrogen-bond acceptors (Lipinski definition) is 3. The second kappa shape index (κ2) is 7.45. The Bertz CT molecular complexity index is 251. The average Bonchev–Trinajstić information content (AvgIpc) is 2.36. The van der Waals surface area contributed by atoms with E-state index in [2.05, 4.69) is 11.7 Å². The van der Waals surface area contributed by atoms with Crippen LogP contribution in [-0.2, 0) is 9.47 Å². The van der Waals surface area contributed by atoms with Gasteiger partial charge >= 0.3 is 6.18 Å². The molecule has 0 radical (unpaired) electrons. The maximum absolute atomic E-state index is 11.9. The van der Waals surface area contributed by atoms with Gasteiger partial charge in [-0.1, -0.05) is 19.8 Å². The molecule has 1 rings (SSSR count). The van der Waals surface area contributed by atoms with Crippen molar-refractivity contribution in [3.63, 3.8) is 0 Å². The number of ether oxygens (including phenoxy) is 2. The number of nitrogens with two attached hydrogens (primary N) is 1. The molecule has 1 aliphatic carbocycles. The van der Waals surface area contributed by atoms with Crippen molar-refractivity contribution >= 4 is 0 Å². The lowest BCUT2D eigenvalue weighted by Crippen LogP contribution is -2.44. The van der Waals surface area contributed by atoms with E-state index >= 15 is 0 Å². The highest BCUT2D eigenvalue weighted by Gasteiger charge is 2.35. The minimum atomic E-state index is -4.31. The Balaban J connectivity index is 2.29. The predicted octanol–water partition coefficient (Wildman–Crippen LogP) is 3.23. The fourth-order valence-corrected chi connectivity index (χ4v) is 2.63. The highest BCUT2D eigenvalue weighted by Crippen LogP contribution is 2.36. The SMILES string of the molecule is CCCC1CCC(CN)(OCOCC(F)(F)F)CC1. The molecule has 0 aromatic heterocycles. The molecule has 0 bridgehead atoms. The van der Waals surface area contributed by atoms with Crippen molar-refractivity contribution in [3.8, 4) is 0 Å². The fraction of sp³-hybridized carbons (Fsp3) is 1.00.